The normalized spacial score (nSPS) is 27.8. The summed E-state index contributed by atoms with van der Waals surface area (Å²) in [7, 11) is 0. The summed E-state index contributed by atoms with van der Waals surface area (Å²) in [5.74, 6) is 0.169. The van der Waals surface area contributed by atoms with Gasteiger partial charge in [-0.3, -0.25) is 10.1 Å². The monoisotopic (exact) mass is 260 g/mol. The van der Waals surface area contributed by atoms with Crippen LogP contribution in [0.2, 0.25) is 0 Å². The van der Waals surface area contributed by atoms with Crippen LogP contribution >= 0.6 is 0 Å². The third-order valence-corrected chi connectivity index (χ3v) is 3.87. The van der Waals surface area contributed by atoms with Gasteiger partial charge in [0.05, 0.1) is 12.6 Å². The van der Waals surface area contributed by atoms with Crippen molar-refractivity contribution >= 4 is 5.91 Å². The molecule has 2 unspecified atom stereocenters. The predicted octanol–water partition coefficient (Wildman–Crippen LogP) is 1.69. The number of hydrogen-bond donors (Lipinski definition) is 1. The molecule has 2 saturated heterocycles. The molecule has 3 rings (SSSR count). The van der Waals surface area contributed by atoms with E-state index in [1.54, 1.807) is 0 Å². The Morgan fingerprint density at radius 2 is 2.11 bits per heavy atom. The zero-order chi connectivity index (χ0) is 13.1. The van der Waals surface area contributed by atoms with Crippen molar-refractivity contribution in [1.82, 2.24) is 10.2 Å². The molecule has 4 nitrogen and oxygen atoms in total. The van der Waals surface area contributed by atoms with Gasteiger partial charge in [-0.05, 0) is 24.8 Å². The molecule has 1 aromatic rings. The first-order chi connectivity index (χ1) is 9.34. The van der Waals surface area contributed by atoms with Crippen molar-refractivity contribution in [2.75, 3.05) is 19.7 Å². The van der Waals surface area contributed by atoms with Gasteiger partial charge in [-0.15, -0.1) is 0 Å². The standard InChI is InChI=1S/C15H20N2O2/c18-14-10-16-15(12-6-2-1-3-7-12)17(14)11-13-8-4-5-9-19-13/h1-3,6-7,13,15-16H,4-5,8-11H2. The van der Waals surface area contributed by atoms with Crippen molar-refractivity contribution in [3.8, 4) is 0 Å². The molecule has 0 spiro atoms. The Hall–Kier alpha value is -1.39. The van der Waals surface area contributed by atoms with E-state index in [4.69, 9.17) is 4.74 Å². The molecule has 0 radical (unpaired) electrons. The van der Waals surface area contributed by atoms with Crippen LogP contribution in [0.4, 0.5) is 0 Å². The van der Waals surface area contributed by atoms with E-state index < -0.39 is 0 Å². The van der Waals surface area contributed by atoms with Crippen molar-refractivity contribution in [1.29, 1.82) is 0 Å². The Balaban J connectivity index is 1.71. The zero-order valence-electron chi connectivity index (χ0n) is 11.0. The van der Waals surface area contributed by atoms with Gasteiger partial charge in [0.1, 0.15) is 6.17 Å². The maximum absolute atomic E-state index is 12.0. The smallest absolute Gasteiger partial charge is 0.238 e. The van der Waals surface area contributed by atoms with Crippen molar-refractivity contribution in [2.45, 2.75) is 31.5 Å². The first-order valence-corrected chi connectivity index (χ1v) is 7.04. The number of nitrogens with one attached hydrogen (secondary N) is 1. The lowest BCUT2D eigenvalue weighted by atomic mass is 10.1. The van der Waals surface area contributed by atoms with Crippen molar-refractivity contribution < 1.29 is 9.53 Å². The van der Waals surface area contributed by atoms with Crippen LogP contribution in [0.15, 0.2) is 30.3 Å². The Labute approximate surface area is 113 Å². The van der Waals surface area contributed by atoms with Gasteiger partial charge in [0.15, 0.2) is 0 Å². The Kier molecular flexibility index (Phi) is 3.80. The van der Waals surface area contributed by atoms with Crippen LogP contribution in [0, 0.1) is 0 Å². The molecule has 2 atom stereocenters. The van der Waals surface area contributed by atoms with Gasteiger partial charge in [-0.1, -0.05) is 30.3 Å². The molecule has 1 N–H and O–H groups in total. The lowest BCUT2D eigenvalue weighted by molar-refractivity contribution is -0.130. The molecule has 2 aliphatic heterocycles. The molecule has 2 heterocycles. The average Bonchev–Trinajstić information content (AvgIpc) is 2.82. The highest BCUT2D eigenvalue weighted by atomic mass is 16.5. The first-order valence-electron chi connectivity index (χ1n) is 7.04. The van der Waals surface area contributed by atoms with Gasteiger partial charge in [-0.2, -0.15) is 0 Å². The number of amides is 1. The van der Waals surface area contributed by atoms with Crippen LogP contribution in [-0.2, 0) is 9.53 Å². The summed E-state index contributed by atoms with van der Waals surface area (Å²) in [6, 6.07) is 10.1. The molecular weight excluding hydrogens is 240 g/mol. The van der Waals surface area contributed by atoms with E-state index in [0.717, 1.165) is 25.0 Å². The SMILES string of the molecule is O=C1CNC(c2ccccc2)N1CC1CCCCO1. The lowest BCUT2D eigenvalue weighted by Crippen LogP contribution is -2.39. The summed E-state index contributed by atoms with van der Waals surface area (Å²) in [5, 5.41) is 3.28. The summed E-state index contributed by atoms with van der Waals surface area (Å²) in [6.07, 6.45) is 3.61. The predicted molar refractivity (Wildman–Crippen MR) is 72.5 cm³/mol. The number of carbonyl (C=O) groups excluding carboxylic acids is 1. The molecule has 0 aromatic heterocycles. The van der Waals surface area contributed by atoms with Gasteiger partial charge >= 0.3 is 0 Å². The number of nitrogens with zero attached hydrogens (tertiary/aromatic N) is 1. The van der Waals surface area contributed by atoms with Crippen LogP contribution in [0.1, 0.15) is 31.0 Å². The van der Waals surface area contributed by atoms with Crippen LogP contribution in [0.5, 0.6) is 0 Å². The van der Waals surface area contributed by atoms with Crippen molar-refractivity contribution in [3.05, 3.63) is 35.9 Å². The lowest BCUT2D eigenvalue weighted by Gasteiger charge is -2.31. The van der Waals surface area contributed by atoms with E-state index >= 15 is 0 Å². The number of benzene rings is 1. The van der Waals surface area contributed by atoms with Gasteiger partial charge in [0.25, 0.3) is 0 Å². The fourth-order valence-corrected chi connectivity index (χ4v) is 2.85. The molecule has 0 aliphatic carbocycles. The van der Waals surface area contributed by atoms with E-state index in [0.29, 0.717) is 13.1 Å². The van der Waals surface area contributed by atoms with Crippen LogP contribution < -0.4 is 5.32 Å². The quantitative estimate of drug-likeness (QED) is 0.899. The number of rotatable bonds is 3. The molecule has 1 amide bonds. The minimum Gasteiger partial charge on any atom is -0.376 e. The second-order valence-corrected chi connectivity index (χ2v) is 5.23. The van der Waals surface area contributed by atoms with E-state index in [-0.39, 0.29) is 18.2 Å². The van der Waals surface area contributed by atoms with Crippen LogP contribution in [0.3, 0.4) is 0 Å². The molecule has 4 heteroatoms. The summed E-state index contributed by atoms with van der Waals surface area (Å²) in [6.45, 7) is 1.95. The highest BCUT2D eigenvalue weighted by molar-refractivity contribution is 5.81. The minimum atomic E-state index is -0.000716. The molecule has 2 aliphatic rings. The number of ether oxygens (including phenoxy) is 1. The van der Waals surface area contributed by atoms with Gasteiger partial charge < -0.3 is 9.64 Å². The summed E-state index contributed by atoms with van der Waals surface area (Å²) < 4.78 is 5.75. The Morgan fingerprint density at radius 1 is 1.26 bits per heavy atom. The topological polar surface area (TPSA) is 41.6 Å². The van der Waals surface area contributed by atoms with Gasteiger partial charge in [0.2, 0.25) is 5.91 Å². The Morgan fingerprint density at radius 3 is 2.84 bits per heavy atom. The van der Waals surface area contributed by atoms with E-state index in [1.807, 2.05) is 23.1 Å². The van der Waals surface area contributed by atoms with Crippen LogP contribution in [-0.4, -0.2) is 36.6 Å². The average molecular weight is 260 g/mol. The second kappa shape index (κ2) is 5.72. The van der Waals surface area contributed by atoms with Crippen molar-refractivity contribution in [2.24, 2.45) is 0 Å². The number of hydrogen-bond acceptors (Lipinski definition) is 3. The Bertz CT molecular complexity index is 429. The summed E-state index contributed by atoms with van der Waals surface area (Å²) in [5.41, 5.74) is 1.14. The maximum atomic E-state index is 12.0. The van der Waals surface area contributed by atoms with Gasteiger partial charge in [-0.25, -0.2) is 0 Å². The van der Waals surface area contributed by atoms with Crippen molar-refractivity contribution in [3.63, 3.8) is 0 Å². The third kappa shape index (κ3) is 2.80. The second-order valence-electron chi connectivity index (χ2n) is 5.23. The minimum absolute atomic E-state index is 0.000716. The van der Waals surface area contributed by atoms with Gasteiger partial charge in [0, 0.05) is 13.2 Å². The highest BCUT2D eigenvalue weighted by Gasteiger charge is 2.33. The fraction of sp³-hybridized carbons (Fsp3) is 0.533. The van der Waals surface area contributed by atoms with E-state index in [9.17, 15) is 4.79 Å². The van der Waals surface area contributed by atoms with E-state index in [2.05, 4.69) is 17.4 Å². The first kappa shape index (κ1) is 12.6. The largest absolute Gasteiger partial charge is 0.376 e. The zero-order valence-corrected chi connectivity index (χ0v) is 11.0. The highest BCUT2D eigenvalue weighted by Crippen LogP contribution is 2.24. The molecule has 19 heavy (non-hydrogen) atoms. The molecule has 2 fully saturated rings. The molecule has 1 aromatic carbocycles. The summed E-state index contributed by atoms with van der Waals surface area (Å²) >= 11 is 0. The molecular formula is C15H20N2O2. The maximum Gasteiger partial charge on any atom is 0.238 e. The third-order valence-electron chi connectivity index (χ3n) is 3.87. The van der Waals surface area contributed by atoms with E-state index in [1.165, 1.54) is 6.42 Å². The fourth-order valence-electron chi connectivity index (χ4n) is 2.85. The number of carbonyl (C=O) groups is 1. The molecule has 0 bridgehead atoms. The molecule has 0 saturated carbocycles. The molecule has 102 valence electrons. The van der Waals surface area contributed by atoms with Crippen LogP contribution in [0.25, 0.3) is 0 Å². The summed E-state index contributed by atoms with van der Waals surface area (Å²) in [4.78, 5) is 14.0.